The van der Waals surface area contributed by atoms with E-state index in [1.807, 2.05) is 0 Å². The lowest BCUT2D eigenvalue weighted by Crippen LogP contribution is -2.30. The molecule has 6 heteroatoms. The standard InChI is InChI=1S/C21H11F2NO3/c22-12-6-5-11-10-27-19-9-17(23)18(8-16(19)15(11)7-12)24-20(25)13-3-1-2-4-14(13)21(24)26/h1-9H,10H2. The number of halogens is 2. The van der Waals surface area contributed by atoms with Gasteiger partial charge in [0.1, 0.15) is 18.2 Å². The Morgan fingerprint density at radius 2 is 1.52 bits per heavy atom. The Kier molecular flexibility index (Phi) is 3.18. The van der Waals surface area contributed by atoms with Gasteiger partial charge in [0.2, 0.25) is 0 Å². The number of fused-ring (bicyclic) bond motifs is 4. The summed E-state index contributed by atoms with van der Waals surface area (Å²) in [5, 5.41) is 0. The summed E-state index contributed by atoms with van der Waals surface area (Å²) in [6.07, 6.45) is 0. The predicted octanol–water partition coefficient (Wildman–Crippen LogP) is 4.32. The third-order valence-electron chi connectivity index (χ3n) is 4.83. The molecule has 0 spiro atoms. The van der Waals surface area contributed by atoms with Crippen LogP contribution in [-0.4, -0.2) is 11.8 Å². The third kappa shape index (κ3) is 2.19. The summed E-state index contributed by atoms with van der Waals surface area (Å²) in [5.41, 5.74) is 1.99. The smallest absolute Gasteiger partial charge is 0.266 e. The van der Waals surface area contributed by atoms with Gasteiger partial charge in [-0.15, -0.1) is 0 Å². The maximum absolute atomic E-state index is 14.8. The van der Waals surface area contributed by atoms with E-state index in [4.69, 9.17) is 4.74 Å². The van der Waals surface area contributed by atoms with Crippen molar-refractivity contribution in [1.29, 1.82) is 0 Å². The molecule has 0 unspecified atom stereocenters. The molecule has 2 aliphatic rings. The first kappa shape index (κ1) is 15.7. The van der Waals surface area contributed by atoms with E-state index in [2.05, 4.69) is 0 Å². The van der Waals surface area contributed by atoms with Gasteiger partial charge in [0.15, 0.2) is 5.82 Å². The number of hydrogen-bond acceptors (Lipinski definition) is 3. The number of benzene rings is 3. The van der Waals surface area contributed by atoms with Crippen LogP contribution in [0.25, 0.3) is 11.1 Å². The van der Waals surface area contributed by atoms with Crippen molar-refractivity contribution in [3.8, 4) is 16.9 Å². The molecule has 4 nitrogen and oxygen atoms in total. The van der Waals surface area contributed by atoms with E-state index >= 15 is 0 Å². The molecule has 27 heavy (non-hydrogen) atoms. The van der Waals surface area contributed by atoms with E-state index in [0.29, 0.717) is 11.1 Å². The minimum absolute atomic E-state index is 0.180. The fourth-order valence-electron chi connectivity index (χ4n) is 3.53. The molecular formula is C21H11F2NO3. The second kappa shape index (κ2) is 5.48. The van der Waals surface area contributed by atoms with Crippen LogP contribution in [0.1, 0.15) is 26.3 Å². The van der Waals surface area contributed by atoms with Gasteiger partial charge in [-0.3, -0.25) is 9.59 Å². The number of ether oxygens (including phenoxy) is 1. The van der Waals surface area contributed by atoms with Crippen LogP contribution in [0.4, 0.5) is 14.5 Å². The fourth-order valence-corrected chi connectivity index (χ4v) is 3.53. The lowest BCUT2D eigenvalue weighted by atomic mass is 9.96. The van der Waals surface area contributed by atoms with Crippen molar-refractivity contribution in [2.75, 3.05) is 4.90 Å². The molecule has 0 radical (unpaired) electrons. The van der Waals surface area contributed by atoms with Crippen LogP contribution in [0.3, 0.4) is 0 Å². The first-order valence-electron chi connectivity index (χ1n) is 8.27. The molecule has 3 aromatic rings. The molecule has 0 aromatic heterocycles. The zero-order valence-corrected chi connectivity index (χ0v) is 13.8. The molecule has 0 fully saturated rings. The minimum atomic E-state index is -0.761. The molecule has 132 valence electrons. The summed E-state index contributed by atoms with van der Waals surface area (Å²) in [4.78, 5) is 26.2. The summed E-state index contributed by atoms with van der Waals surface area (Å²) >= 11 is 0. The molecule has 0 aliphatic carbocycles. The summed E-state index contributed by atoms with van der Waals surface area (Å²) in [6.45, 7) is 0.189. The number of carbonyl (C=O) groups is 2. The maximum Gasteiger partial charge on any atom is 0.266 e. The lowest BCUT2D eigenvalue weighted by molar-refractivity contribution is 0.0924. The van der Waals surface area contributed by atoms with Crippen molar-refractivity contribution >= 4 is 17.5 Å². The fraction of sp³-hybridized carbons (Fsp3) is 0.0476. The Morgan fingerprint density at radius 1 is 0.815 bits per heavy atom. The molecule has 0 saturated heterocycles. The molecule has 0 bridgehead atoms. The Hall–Kier alpha value is -3.54. The SMILES string of the molecule is O=C1c2ccccc2C(=O)N1c1cc2c(cc1F)OCc1ccc(F)cc1-2. The van der Waals surface area contributed by atoms with Gasteiger partial charge in [0.25, 0.3) is 11.8 Å². The molecule has 2 amide bonds. The van der Waals surface area contributed by atoms with Crippen LogP contribution in [0, 0.1) is 11.6 Å². The van der Waals surface area contributed by atoms with Crippen molar-refractivity contribution < 1.29 is 23.1 Å². The topological polar surface area (TPSA) is 46.6 Å². The summed E-state index contributed by atoms with van der Waals surface area (Å²) < 4.78 is 34.0. The number of amides is 2. The minimum Gasteiger partial charge on any atom is -0.488 e. The van der Waals surface area contributed by atoms with Gasteiger partial charge in [-0.2, -0.15) is 0 Å². The van der Waals surface area contributed by atoms with E-state index in [9.17, 15) is 18.4 Å². The molecule has 2 heterocycles. The van der Waals surface area contributed by atoms with Gasteiger partial charge in [-0.1, -0.05) is 18.2 Å². The third-order valence-corrected chi connectivity index (χ3v) is 4.83. The Balaban J connectivity index is 1.69. The number of carbonyl (C=O) groups excluding carboxylic acids is 2. The molecule has 5 rings (SSSR count). The van der Waals surface area contributed by atoms with Gasteiger partial charge in [0.05, 0.1) is 16.8 Å². The molecule has 0 N–H and O–H groups in total. The molecule has 3 aromatic carbocycles. The van der Waals surface area contributed by atoms with Gasteiger partial charge < -0.3 is 4.74 Å². The summed E-state index contributed by atoms with van der Waals surface area (Å²) in [7, 11) is 0. The second-order valence-electron chi connectivity index (χ2n) is 6.38. The van der Waals surface area contributed by atoms with Crippen LogP contribution >= 0.6 is 0 Å². The van der Waals surface area contributed by atoms with Crippen LogP contribution in [0.2, 0.25) is 0 Å². The van der Waals surface area contributed by atoms with Gasteiger partial charge in [-0.25, -0.2) is 13.7 Å². The van der Waals surface area contributed by atoms with E-state index in [0.717, 1.165) is 16.5 Å². The van der Waals surface area contributed by atoms with E-state index in [1.165, 1.54) is 30.3 Å². The monoisotopic (exact) mass is 363 g/mol. The normalized spacial score (nSPS) is 14.5. The van der Waals surface area contributed by atoms with Crippen molar-refractivity contribution in [3.63, 3.8) is 0 Å². The van der Waals surface area contributed by atoms with E-state index in [1.54, 1.807) is 18.2 Å². The average Bonchev–Trinajstić information content (AvgIpc) is 2.92. The van der Waals surface area contributed by atoms with E-state index < -0.39 is 23.4 Å². The predicted molar refractivity (Wildman–Crippen MR) is 93.7 cm³/mol. The largest absolute Gasteiger partial charge is 0.488 e. The molecule has 0 saturated carbocycles. The van der Waals surface area contributed by atoms with Crippen molar-refractivity contribution in [1.82, 2.24) is 0 Å². The number of rotatable bonds is 1. The number of nitrogens with zero attached hydrogens (tertiary/aromatic N) is 1. The number of anilines is 1. The second-order valence-corrected chi connectivity index (χ2v) is 6.38. The average molecular weight is 363 g/mol. The van der Waals surface area contributed by atoms with Gasteiger partial charge in [0, 0.05) is 11.6 Å². The number of hydrogen-bond donors (Lipinski definition) is 0. The molecule has 0 atom stereocenters. The maximum atomic E-state index is 14.8. The summed E-state index contributed by atoms with van der Waals surface area (Å²) in [5.74, 6) is -2.14. The van der Waals surface area contributed by atoms with Gasteiger partial charge in [-0.05, 0) is 41.5 Å². The molecular weight excluding hydrogens is 352 g/mol. The number of imide groups is 1. The Morgan fingerprint density at radius 3 is 2.22 bits per heavy atom. The zero-order chi connectivity index (χ0) is 18.7. The van der Waals surface area contributed by atoms with Gasteiger partial charge >= 0.3 is 0 Å². The van der Waals surface area contributed by atoms with Crippen molar-refractivity contribution in [2.24, 2.45) is 0 Å². The highest BCUT2D eigenvalue weighted by Gasteiger charge is 2.38. The van der Waals surface area contributed by atoms with Crippen LogP contribution in [0.5, 0.6) is 5.75 Å². The van der Waals surface area contributed by atoms with Crippen LogP contribution in [0.15, 0.2) is 54.6 Å². The van der Waals surface area contributed by atoms with Crippen molar-refractivity contribution in [2.45, 2.75) is 6.61 Å². The quantitative estimate of drug-likeness (QED) is 0.605. The Labute approximate surface area is 152 Å². The van der Waals surface area contributed by atoms with Crippen molar-refractivity contribution in [3.05, 3.63) is 82.9 Å². The lowest BCUT2D eigenvalue weighted by Gasteiger charge is -2.23. The highest BCUT2D eigenvalue weighted by molar-refractivity contribution is 6.34. The highest BCUT2D eigenvalue weighted by Crippen LogP contribution is 2.42. The highest BCUT2D eigenvalue weighted by atomic mass is 19.1. The summed E-state index contributed by atoms with van der Waals surface area (Å²) in [6, 6.07) is 13.1. The van der Waals surface area contributed by atoms with E-state index in [-0.39, 0.29) is 29.2 Å². The van der Waals surface area contributed by atoms with Crippen LogP contribution in [-0.2, 0) is 6.61 Å². The Bertz CT molecular complexity index is 1120. The van der Waals surface area contributed by atoms with Crippen LogP contribution < -0.4 is 9.64 Å². The first-order chi connectivity index (χ1) is 13.0. The zero-order valence-electron chi connectivity index (χ0n) is 13.8. The molecule has 2 aliphatic heterocycles. The first-order valence-corrected chi connectivity index (χ1v) is 8.27.